The number of ether oxygens (including phenoxy) is 1. The van der Waals surface area contributed by atoms with Crippen molar-refractivity contribution in [3.05, 3.63) is 107 Å². The molecule has 0 aromatic heterocycles. The molecule has 32 heavy (non-hydrogen) atoms. The van der Waals surface area contributed by atoms with Crippen molar-refractivity contribution in [3.8, 4) is 5.75 Å². The van der Waals surface area contributed by atoms with Crippen LogP contribution in [0.1, 0.15) is 67.8 Å². The Bertz CT molecular complexity index is 1000. The van der Waals surface area contributed by atoms with E-state index < -0.39 is 0 Å². The van der Waals surface area contributed by atoms with Crippen molar-refractivity contribution in [2.75, 3.05) is 6.61 Å². The van der Waals surface area contributed by atoms with Gasteiger partial charge in [-0.2, -0.15) is 0 Å². The fourth-order valence-corrected chi connectivity index (χ4v) is 3.12. The van der Waals surface area contributed by atoms with Gasteiger partial charge in [-0.25, -0.2) is 0 Å². The molecule has 0 spiro atoms. The third kappa shape index (κ3) is 6.27. The summed E-state index contributed by atoms with van der Waals surface area (Å²) in [6.45, 7) is 12.1. The molecule has 0 radical (unpaired) electrons. The topological polar surface area (TPSA) is 43.4 Å². The first-order chi connectivity index (χ1) is 15.8. The van der Waals surface area contributed by atoms with Crippen LogP contribution < -0.4 is 4.74 Å². The Kier molecular flexibility index (Phi) is 12.1. The summed E-state index contributed by atoms with van der Waals surface area (Å²) in [6, 6.07) is 25.3. The quantitative estimate of drug-likeness (QED) is 0.399. The number of benzene rings is 3. The summed E-state index contributed by atoms with van der Waals surface area (Å²) in [5, 5.41) is 0. The highest BCUT2D eigenvalue weighted by molar-refractivity contribution is 6.35. The van der Waals surface area contributed by atoms with Gasteiger partial charge in [0.25, 0.3) is 0 Å². The Morgan fingerprint density at radius 2 is 1.03 bits per heavy atom. The van der Waals surface area contributed by atoms with E-state index in [0.29, 0.717) is 33.6 Å². The minimum absolute atomic E-state index is 0.0820. The number of hydrogen-bond acceptors (Lipinski definition) is 3. The van der Waals surface area contributed by atoms with E-state index in [-0.39, 0.29) is 18.2 Å². The van der Waals surface area contributed by atoms with Crippen molar-refractivity contribution in [1.29, 1.82) is 0 Å². The van der Waals surface area contributed by atoms with E-state index in [4.69, 9.17) is 4.74 Å². The lowest BCUT2D eigenvalue weighted by molar-refractivity contribution is 0.100. The Labute approximate surface area is 192 Å². The lowest BCUT2D eigenvalue weighted by Gasteiger charge is -2.23. The highest BCUT2D eigenvalue weighted by Crippen LogP contribution is 2.36. The fraction of sp³-hybridized carbons (Fsp3) is 0.241. The van der Waals surface area contributed by atoms with Crippen molar-refractivity contribution >= 4 is 17.1 Å². The molecule has 0 saturated heterocycles. The second-order valence-corrected chi connectivity index (χ2v) is 6.03. The maximum absolute atomic E-state index is 13.2. The van der Waals surface area contributed by atoms with Crippen LogP contribution >= 0.6 is 0 Å². The van der Waals surface area contributed by atoms with Gasteiger partial charge in [0.15, 0.2) is 11.6 Å². The summed E-state index contributed by atoms with van der Waals surface area (Å²) in [5.74, 6) is 0.274. The average molecular weight is 431 g/mol. The molecule has 1 aliphatic rings. The maximum atomic E-state index is 13.2. The molecule has 1 heterocycles. The smallest absolute Gasteiger partial charge is 0.194 e. The summed E-state index contributed by atoms with van der Waals surface area (Å²) in [6.07, 6.45) is 0. The molecule has 3 aromatic carbocycles. The van der Waals surface area contributed by atoms with Crippen molar-refractivity contribution in [2.24, 2.45) is 0 Å². The molecule has 0 unspecified atom stereocenters. The largest absolute Gasteiger partial charge is 0.488 e. The summed E-state index contributed by atoms with van der Waals surface area (Å²) < 4.78 is 5.76. The van der Waals surface area contributed by atoms with Crippen LogP contribution in [0.3, 0.4) is 0 Å². The van der Waals surface area contributed by atoms with Crippen LogP contribution in [0, 0.1) is 0 Å². The van der Waals surface area contributed by atoms with Crippen molar-refractivity contribution in [1.82, 2.24) is 0 Å². The number of carbonyl (C=O) groups excluding carboxylic acids is 2. The highest BCUT2D eigenvalue weighted by atomic mass is 16.5. The van der Waals surface area contributed by atoms with Crippen LogP contribution in [-0.4, -0.2) is 18.2 Å². The number of para-hydroxylation sites is 1. The van der Waals surface area contributed by atoms with Gasteiger partial charge >= 0.3 is 0 Å². The second-order valence-electron chi connectivity index (χ2n) is 6.03. The minimum atomic E-state index is -0.181. The van der Waals surface area contributed by atoms with Gasteiger partial charge in [0, 0.05) is 27.8 Å². The van der Waals surface area contributed by atoms with E-state index in [2.05, 4.69) is 0 Å². The van der Waals surface area contributed by atoms with Gasteiger partial charge in [0.1, 0.15) is 12.4 Å². The molecule has 0 N–H and O–H groups in total. The van der Waals surface area contributed by atoms with E-state index >= 15 is 0 Å². The first-order valence-corrected chi connectivity index (χ1v) is 11.4. The van der Waals surface area contributed by atoms with E-state index in [9.17, 15) is 9.59 Å². The van der Waals surface area contributed by atoms with Gasteiger partial charge in [-0.05, 0) is 6.07 Å². The van der Waals surface area contributed by atoms with E-state index in [1.165, 1.54) is 0 Å². The lowest BCUT2D eigenvalue weighted by atomic mass is 9.87. The third-order valence-electron chi connectivity index (χ3n) is 4.40. The number of ketones is 2. The Hall–Kier alpha value is -3.46. The van der Waals surface area contributed by atoms with Gasteiger partial charge in [0.05, 0.1) is 0 Å². The van der Waals surface area contributed by atoms with Crippen LogP contribution in [0.15, 0.2) is 90.5 Å². The summed E-state index contributed by atoms with van der Waals surface area (Å²) in [4.78, 5) is 26.3. The highest BCUT2D eigenvalue weighted by Gasteiger charge is 2.30. The maximum Gasteiger partial charge on any atom is 0.194 e. The standard InChI is InChI=1S/C23H16O3.3C2H6/c24-22(16-9-3-1-4-10-16)19-15-26-20-14-8-7-13-18(20)21(19)23(25)17-11-5-2-6-12-17;3*1-2/h1-14H,15H2;3*1-2H3. The number of rotatable bonds is 4. The molecule has 3 heteroatoms. The zero-order valence-corrected chi connectivity index (χ0v) is 20.0. The Balaban J connectivity index is 0.000000789. The van der Waals surface area contributed by atoms with Gasteiger partial charge in [0.2, 0.25) is 0 Å². The number of fused-ring (bicyclic) bond motifs is 1. The Morgan fingerprint density at radius 3 is 1.56 bits per heavy atom. The van der Waals surface area contributed by atoms with E-state index in [1.54, 1.807) is 24.3 Å². The summed E-state index contributed by atoms with van der Waals surface area (Å²) in [5.41, 5.74) is 2.57. The van der Waals surface area contributed by atoms with Crippen LogP contribution in [0.5, 0.6) is 5.75 Å². The SMILES string of the molecule is CC.CC.CC.O=C(C1=C(C(=O)c2ccccc2)c2ccccc2OC1)c1ccccc1. The molecule has 0 amide bonds. The van der Waals surface area contributed by atoms with Crippen molar-refractivity contribution in [2.45, 2.75) is 41.5 Å². The first kappa shape index (κ1) is 26.6. The van der Waals surface area contributed by atoms with E-state index in [0.717, 1.165) is 0 Å². The van der Waals surface area contributed by atoms with Crippen LogP contribution in [0.2, 0.25) is 0 Å². The van der Waals surface area contributed by atoms with Crippen LogP contribution in [-0.2, 0) is 0 Å². The second kappa shape index (κ2) is 14.5. The number of allylic oxidation sites excluding steroid dienone is 1. The fourth-order valence-electron chi connectivity index (χ4n) is 3.12. The molecule has 1 aliphatic heterocycles. The zero-order valence-electron chi connectivity index (χ0n) is 20.0. The molecule has 0 bridgehead atoms. The normalized spacial score (nSPS) is 11.1. The van der Waals surface area contributed by atoms with Gasteiger partial charge < -0.3 is 4.74 Å². The molecule has 4 rings (SSSR count). The summed E-state index contributed by atoms with van der Waals surface area (Å²) in [7, 11) is 0. The zero-order chi connectivity index (χ0) is 23.9. The Morgan fingerprint density at radius 1 is 0.594 bits per heavy atom. The van der Waals surface area contributed by atoms with Crippen LogP contribution in [0.4, 0.5) is 0 Å². The molecular formula is C29H34O3. The molecule has 0 fully saturated rings. The molecule has 168 valence electrons. The minimum Gasteiger partial charge on any atom is -0.488 e. The van der Waals surface area contributed by atoms with E-state index in [1.807, 2.05) is 102 Å². The monoisotopic (exact) mass is 430 g/mol. The molecule has 0 atom stereocenters. The number of carbonyl (C=O) groups is 2. The molecule has 3 aromatic rings. The number of hydrogen-bond donors (Lipinski definition) is 0. The molecular weight excluding hydrogens is 396 g/mol. The van der Waals surface area contributed by atoms with Gasteiger partial charge in [-0.3, -0.25) is 9.59 Å². The van der Waals surface area contributed by atoms with Gasteiger partial charge in [-0.1, -0.05) is 120 Å². The predicted molar refractivity (Wildman–Crippen MR) is 134 cm³/mol. The molecule has 3 nitrogen and oxygen atoms in total. The predicted octanol–water partition coefficient (Wildman–Crippen LogP) is 7.68. The van der Waals surface area contributed by atoms with Crippen molar-refractivity contribution < 1.29 is 14.3 Å². The lowest BCUT2D eigenvalue weighted by Crippen LogP contribution is -2.22. The summed E-state index contributed by atoms with van der Waals surface area (Å²) >= 11 is 0. The van der Waals surface area contributed by atoms with Crippen LogP contribution in [0.25, 0.3) is 5.57 Å². The number of Topliss-reactive ketones (excluding diaryl/α,β-unsaturated/α-hetero) is 2. The molecule has 0 aliphatic carbocycles. The third-order valence-corrected chi connectivity index (χ3v) is 4.40. The molecule has 0 saturated carbocycles. The van der Waals surface area contributed by atoms with Gasteiger partial charge in [-0.15, -0.1) is 0 Å². The first-order valence-electron chi connectivity index (χ1n) is 11.4. The average Bonchev–Trinajstić information content (AvgIpc) is 2.91. The van der Waals surface area contributed by atoms with Crippen molar-refractivity contribution in [3.63, 3.8) is 0 Å².